The van der Waals surface area contributed by atoms with Crippen LogP contribution < -0.4 is 5.73 Å². The molecule has 5 nitrogen and oxygen atoms in total. The molecule has 7 heteroatoms. The van der Waals surface area contributed by atoms with Crippen LogP contribution in [-0.2, 0) is 10.0 Å². The smallest absolute Gasteiger partial charge is 0.276 e. The van der Waals surface area contributed by atoms with Crippen molar-refractivity contribution in [3.8, 4) is 0 Å². The van der Waals surface area contributed by atoms with Crippen molar-refractivity contribution in [2.45, 2.75) is 30.9 Å². The maximum absolute atomic E-state index is 12.1. The molecule has 2 heterocycles. The number of hydrogen-bond acceptors (Lipinski definition) is 4. The number of halogens is 1. The van der Waals surface area contributed by atoms with E-state index in [1.165, 1.54) is 10.4 Å². The molecule has 0 spiro atoms. The minimum Gasteiger partial charge on any atom is -0.449 e. The van der Waals surface area contributed by atoms with Gasteiger partial charge in [-0.2, -0.15) is 4.31 Å². The average Bonchev–Trinajstić information content (AvgIpc) is 2.65. The van der Waals surface area contributed by atoms with Gasteiger partial charge in [-0.05, 0) is 31.9 Å². The van der Waals surface area contributed by atoms with Crippen LogP contribution in [-0.4, -0.2) is 31.9 Å². The van der Waals surface area contributed by atoms with E-state index >= 15 is 0 Å². The molecule has 1 aliphatic rings. The zero-order valence-electron chi connectivity index (χ0n) is 9.63. The van der Waals surface area contributed by atoms with Crippen LogP contribution in [0.25, 0.3) is 0 Å². The molecular weight excluding hydrogens is 264 g/mol. The van der Waals surface area contributed by atoms with Crippen LogP contribution in [0.3, 0.4) is 0 Å². The van der Waals surface area contributed by atoms with Crippen LogP contribution >= 0.6 is 12.4 Å². The lowest BCUT2D eigenvalue weighted by atomic mass is 10.1. The molecule has 0 radical (unpaired) electrons. The lowest BCUT2D eigenvalue weighted by Crippen LogP contribution is -2.45. The Morgan fingerprint density at radius 1 is 1.47 bits per heavy atom. The van der Waals surface area contributed by atoms with Crippen molar-refractivity contribution in [3.63, 3.8) is 0 Å². The van der Waals surface area contributed by atoms with Gasteiger partial charge in [0.25, 0.3) is 10.0 Å². The van der Waals surface area contributed by atoms with Crippen LogP contribution in [0.15, 0.2) is 21.6 Å². The SMILES string of the molecule is Cc1ccc(S(=O)(=O)N2CCCC(N)C2)o1.Cl. The predicted molar refractivity (Wildman–Crippen MR) is 66.7 cm³/mol. The standard InChI is InChI=1S/C10H16N2O3S.ClH/c1-8-4-5-10(15-8)16(13,14)12-6-2-3-9(11)7-12;/h4-5,9H,2-3,6-7,11H2,1H3;1H. The summed E-state index contributed by atoms with van der Waals surface area (Å²) < 4.78 is 30.8. The summed E-state index contributed by atoms with van der Waals surface area (Å²) in [7, 11) is -3.49. The summed E-state index contributed by atoms with van der Waals surface area (Å²) in [5.41, 5.74) is 5.77. The summed E-state index contributed by atoms with van der Waals surface area (Å²) in [6.45, 7) is 2.62. The van der Waals surface area contributed by atoms with Crippen LogP contribution in [0, 0.1) is 6.92 Å². The van der Waals surface area contributed by atoms with E-state index < -0.39 is 10.0 Å². The van der Waals surface area contributed by atoms with Crippen molar-refractivity contribution < 1.29 is 12.8 Å². The summed E-state index contributed by atoms with van der Waals surface area (Å²) >= 11 is 0. The van der Waals surface area contributed by atoms with E-state index in [9.17, 15) is 8.42 Å². The van der Waals surface area contributed by atoms with E-state index in [1.807, 2.05) is 0 Å². The Kier molecular flexibility index (Phi) is 4.60. The van der Waals surface area contributed by atoms with E-state index in [0.717, 1.165) is 12.8 Å². The van der Waals surface area contributed by atoms with Crippen LogP contribution in [0.5, 0.6) is 0 Å². The highest BCUT2D eigenvalue weighted by molar-refractivity contribution is 7.89. The van der Waals surface area contributed by atoms with Gasteiger partial charge >= 0.3 is 0 Å². The lowest BCUT2D eigenvalue weighted by molar-refractivity contribution is 0.305. The average molecular weight is 281 g/mol. The Balaban J connectivity index is 0.00000144. The summed E-state index contributed by atoms with van der Waals surface area (Å²) in [5, 5.41) is 0.0131. The first-order chi connectivity index (χ1) is 7.50. The molecule has 17 heavy (non-hydrogen) atoms. The summed E-state index contributed by atoms with van der Waals surface area (Å²) in [5.74, 6) is 0.597. The molecule has 1 unspecified atom stereocenters. The summed E-state index contributed by atoms with van der Waals surface area (Å²) in [6, 6.07) is 3.07. The molecule has 0 saturated carbocycles. The first kappa shape index (κ1) is 14.5. The fourth-order valence-electron chi connectivity index (χ4n) is 1.87. The highest BCUT2D eigenvalue weighted by Crippen LogP contribution is 2.21. The van der Waals surface area contributed by atoms with Gasteiger partial charge in [0.05, 0.1) is 0 Å². The minimum atomic E-state index is -3.49. The molecule has 1 fully saturated rings. The van der Waals surface area contributed by atoms with Gasteiger partial charge in [0, 0.05) is 19.1 Å². The highest BCUT2D eigenvalue weighted by atomic mass is 35.5. The largest absolute Gasteiger partial charge is 0.449 e. The molecule has 0 aromatic carbocycles. The van der Waals surface area contributed by atoms with Crippen molar-refractivity contribution in [1.82, 2.24) is 4.31 Å². The molecule has 1 aromatic heterocycles. The number of hydrogen-bond donors (Lipinski definition) is 1. The molecule has 2 N–H and O–H groups in total. The van der Waals surface area contributed by atoms with Crippen LogP contribution in [0.2, 0.25) is 0 Å². The second-order valence-corrected chi connectivity index (χ2v) is 6.00. The number of sulfonamides is 1. The summed E-state index contributed by atoms with van der Waals surface area (Å²) in [4.78, 5) is 0. The third kappa shape index (κ3) is 3.01. The Labute approximate surface area is 107 Å². The van der Waals surface area contributed by atoms with Gasteiger partial charge in [0.15, 0.2) is 0 Å². The van der Waals surface area contributed by atoms with Crippen molar-refractivity contribution in [2.24, 2.45) is 5.73 Å². The van der Waals surface area contributed by atoms with Gasteiger partial charge in [-0.15, -0.1) is 12.4 Å². The van der Waals surface area contributed by atoms with E-state index in [-0.39, 0.29) is 23.5 Å². The normalized spacial score (nSPS) is 22.1. The van der Waals surface area contributed by atoms with Crippen molar-refractivity contribution in [1.29, 1.82) is 0 Å². The number of nitrogens with zero attached hydrogens (tertiary/aromatic N) is 1. The predicted octanol–water partition coefficient (Wildman–Crippen LogP) is 1.12. The van der Waals surface area contributed by atoms with Crippen LogP contribution in [0.4, 0.5) is 0 Å². The molecule has 0 bridgehead atoms. The van der Waals surface area contributed by atoms with Crippen LogP contribution in [0.1, 0.15) is 18.6 Å². The van der Waals surface area contributed by atoms with Crippen molar-refractivity contribution in [2.75, 3.05) is 13.1 Å². The molecule has 1 aromatic rings. The number of piperidine rings is 1. The van der Waals surface area contributed by atoms with E-state index in [4.69, 9.17) is 10.2 Å². The second-order valence-electron chi connectivity index (χ2n) is 4.13. The number of furan rings is 1. The van der Waals surface area contributed by atoms with Gasteiger partial charge in [0.2, 0.25) is 5.09 Å². The van der Waals surface area contributed by atoms with Gasteiger partial charge in [-0.1, -0.05) is 0 Å². The third-order valence-corrected chi connectivity index (χ3v) is 4.47. The molecule has 2 rings (SSSR count). The van der Waals surface area contributed by atoms with Gasteiger partial charge in [-0.3, -0.25) is 0 Å². The Bertz CT molecular complexity index is 472. The van der Waals surface area contributed by atoms with Gasteiger partial charge < -0.3 is 10.2 Å². The van der Waals surface area contributed by atoms with Crippen molar-refractivity contribution >= 4 is 22.4 Å². The Hall–Kier alpha value is -0.560. The minimum absolute atomic E-state index is 0. The Morgan fingerprint density at radius 3 is 2.71 bits per heavy atom. The number of nitrogens with two attached hydrogens (primary N) is 1. The van der Waals surface area contributed by atoms with E-state index in [2.05, 4.69) is 0 Å². The molecule has 0 amide bonds. The molecule has 1 atom stereocenters. The fraction of sp³-hybridized carbons (Fsp3) is 0.600. The first-order valence-electron chi connectivity index (χ1n) is 5.32. The maximum atomic E-state index is 12.1. The molecular formula is C10H17ClN2O3S. The number of aryl methyl sites for hydroxylation is 1. The highest BCUT2D eigenvalue weighted by Gasteiger charge is 2.30. The zero-order chi connectivity index (χ0) is 11.8. The monoisotopic (exact) mass is 280 g/mol. The van der Waals surface area contributed by atoms with Crippen molar-refractivity contribution in [3.05, 3.63) is 17.9 Å². The maximum Gasteiger partial charge on any atom is 0.276 e. The Morgan fingerprint density at radius 2 is 2.18 bits per heavy atom. The molecule has 1 saturated heterocycles. The van der Waals surface area contributed by atoms with E-state index in [0.29, 0.717) is 18.8 Å². The fourth-order valence-corrected chi connectivity index (χ4v) is 3.36. The zero-order valence-corrected chi connectivity index (χ0v) is 11.3. The molecule has 98 valence electrons. The molecule has 0 aliphatic carbocycles. The third-order valence-electron chi connectivity index (χ3n) is 2.73. The quantitative estimate of drug-likeness (QED) is 0.881. The van der Waals surface area contributed by atoms with E-state index in [1.54, 1.807) is 13.0 Å². The topological polar surface area (TPSA) is 76.5 Å². The lowest BCUT2D eigenvalue weighted by Gasteiger charge is -2.28. The van der Waals surface area contributed by atoms with Gasteiger partial charge in [0.1, 0.15) is 5.76 Å². The summed E-state index contributed by atoms with van der Waals surface area (Å²) in [6.07, 6.45) is 1.68. The first-order valence-corrected chi connectivity index (χ1v) is 6.76. The second kappa shape index (κ2) is 5.39. The number of rotatable bonds is 2. The molecule has 1 aliphatic heterocycles. The van der Waals surface area contributed by atoms with Gasteiger partial charge in [-0.25, -0.2) is 8.42 Å².